The molecule has 86 valence electrons. The third-order valence-corrected chi connectivity index (χ3v) is 2.74. The zero-order chi connectivity index (χ0) is 11.5. The van der Waals surface area contributed by atoms with Crippen LogP contribution in [0.15, 0.2) is 22.9 Å². The highest BCUT2D eigenvalue weighted by Crippen LogP contribution is 2.15. The number of imidazole rings is 1. The van der Waals surface area contributed by atoms with E-state index in [0.717, 1.165) is 35.9 Å². The van der Waals surface area contributed by atoms with Gasteiger partial charge in [0.2, 0.25) is 0 Å². The quantitative estimate of drug-likeness (QED) is 0.853. The highest BCUT2D eigenvalue weighted by molar-refractivity contribution is 5.20. The summed E-state index contributed by atoms with van der Waals surface area (Å²) < 4.78 is 7.75. The van der Waals surface area contributed by atoms with E-state index >= 15 is 0 Å². The van der Waals surface area contributed by atoms with Gasteiger partial charge in [-0.3, -0.25) is 0 Å². The second kappa shape index (κ2) is 4.53. The van der Waals surface area contributed by atoms with Crippen molar-refractivity contribution >= 4 is 0 Å². The maximum atomic E-state index is 5.65. The Labute approximate surface area is 95.1 Å². The number of nitrogens with two attached hydrogens (primary N) is 1. The van der Waals surface area contributed by atoms with Crippen molar-refractivity contribution in [3.8, 4) is 0 Å². The summed E-state index contributed by atoms with van der Waals surface area (Å²) in [6.45, 7) is 5.29. The van der Waals surface area contributed by atoms with Crippen LogP contribution in [0.5, 0.6) is 0 Å². The van der Waals surface area contributed by atoms with Crippen LogP contribution in [-0.4, -0.2) is 9.55 Å². The number of hydrogen-bond acceptors (Lipinski definition) is 3. The Morgan fingerprint density at radius 1 is 1.50 bits per heavy atom. The Morgan fingerprint density at radius 3 is 2.94 bits per heavy atom. The van der Waals surface area contributed by atoms with E-state index in [0.29, 0.717) is 6.54 Å². The first kappa shape index (κ1) is 11.0. The average molecular weight is 219 g/mol. The first-order valence-electron chi connectivity index (χ1n) is 5.52. The zero-order valence-electron chi connectivity index (χ0n) is 9.73. The zero-order valence-corrected chi connectivity index (χ0v) is 9.73. The fraction of sp³-hybridized carbons (Fsp3) is 0.417. The fourth-order valence-corrected chi connectivity index (χ4v) is 1.83. The van der Waals surface area contributed by atoms with Crippen LogP contribution < -0.4 is 5.73 Å². The van der Waals surface area contributed by atoms with Gasteiger partial charge >= 0.3 is 0 Å². The van der Waals surface area contributed by atoms with Gasteiger partial charge in [0.1, 0.15) is 17.3 Å². The molecule has 0 amide bonds. The molecule has 2 heterocycles. The summed E-state index contributed by atoms with van der Waals surface area (Å²) in [6.07, 6.45) is 4.72. The van der Waals surface area contributed by atoms with Crippen LogP contribution in [0.2, 0.25) is 0 Å². The van der Waals surface area contributed by atoms with Gasteiger partial charge in [-0.1, -0.05) is 6.92 Å². The number of furan rings is 1. The molecule has 0 atom stereocenters. The second-order valence-corrected chi connectivity index (χ2v) is 3.82. The molecule has 0 radical (unpaired) electrons. The molecule has 0 fully saturated rings. The number of nitrogens with zero attached hydrogens (tertiary/aromatic N) is 2. The van der Waals surface area contributed by atoms with Gasteiger partial charge in [0.15, 0.2) is 0 Å². The van der Waals surface area contributed by atoms with Crippen LogP contribution in [0.3, 0.4) is 0 Å². The molecule has 2 N–H and O–H groups in total. The van der Waals surface area contributed by atoms with E-state index < -0.39 is 0 Å². The van der Waals surface area contributed by atoms with Gasteiger partial charge < -0.3 is 14.7 Å². The first-order valence-corrected chi connectivity index (χ1v) is 5.52. The Morgan fingerprint density at radius 2 is 2.31 bits per heavy atom. The Balaban J connectivity index is 2.20. The van der Waals surface area contributed by atoms with Crippen molar-refractivity contribution in [1.82, 2.24) is 9.55 Å². The Hall–Kier alpha value is -1.55. The van der Waals surface area contributed by atoms with Crippen LogP contribution in [0.25, 0.3) is 0 Å². The molecule has 0 aromatic carbocycles. The lowest BCUT2D eigenvalue weighted by atomic mass is 10.2. The molecule has 0 spiro atoms. The highest BCUT2D eigenvalue weighted by Gasteiger charge is 2.08. The SMILES string of the molecule is CCc1nccn1Cc1cc(CN)c(C)o1. The van der Waals surface area contributed by atoms with Crippen molar-refractivity contribution in [1.29, 1.82) is 0 Å². The number of hydrogen-bond donors (Lipinski definition) is 1. The van der Waals surface area contributed by atoms with E-state index in [9.17, 15) is 0 Å². The van der Waals surface area contributed by atoms with E-state index in [2.05, 4.69) is 16.5 Å². The molecule has 0 bridgehead atoms. The van der Waals surface area contributed by atoms with Gasteiger partial charge in [0.25, 0.3) is 0 Å². The predicted octanol–water partition coefficient (Wildman–Crippen LogP) is 1.85. The smallest absolute Gasteiger partial charge is 0.124 e. The van der Waals surface area contributed by atoms with Crippen molar-refractivity contribution in [2.75, 3.05) is 0 Å². The van der Waals surface area contributed by atoms with Crippen LogP contribution in [0, 0.1) is 6.92 Å². The van der Waals surface area contributed by atoms with Gasteiger partial charge in [-0.2, -0.15) is 0 Å². The summed E-state index contributed by atoms with van der Waals surface area (Å²) in [5.41, 5.74) is 6.69. The molecule has 16 heavy (non-hydrogen) atoms. The van der Waals surface area contributed by atoms with Crippen molar-refractivity contribution in [3.05, 3.63) is 41.4 Å². The second-order valence-electron chi connectivity index (χ2n) is 3.82. The van der Waals surface area contributed by atoms with E-state index in [1.54, 1.807) is 0 Å². The predicted molar refractivity (Wildman–Crippen MR) is 62.0 cm³/mol. The molecule has 0 aliphatic rings. The van der Waals surface area contributed by atoms with Crippen molar-refractivity contribution in [2.24, 2.45) is 5.73 Å². The average Bonchev–Trinajstić information content (AvgIpc) is 2.85. The summed E-state index contributed by atoms with van der Waals surface area (Å²) in [7, 11) is 0. The molecule has 0 aliphatic heterocycles. The van der Waals surface area contributed by atoms with Crippen LogP contribution in [-0.2, 0) is 19.5 Å². The minimum atomic E-state index is 0.528. The van der Waals surface area contributed by atoms with Gasteiger partial charge in [0, 0.05) is 30.9 Å². The van der Waals surface area contributed by atoms with Gasteiger partial charge in [-0.15, -0.1) is 0 Å². The lowest BCUT2D eigenvalue weighted by Crippen LogP contribution is -2.02. The molecule has 4 heteroatoms. The van der Waals surface area contributed by atoms with Crippen LogP contribution in [0.4, 0.5) is 0 Å². The van der Waals surface area contributed by atoms with Gasteiger partial charge in [-0.25, -0.2) is 4.98 Å². The topological polar surface area (TPSA) is 57.0 Å². The molecule has 2 aromatic heterocycles. The minimum Gasteiger partial charge on any atom is -0.464 e. The standard InChI is InChI=1S/C12H17N3O/c1-3-12-14-4-5-15(12)8-11-6-10(7-13)9(2)16-11/h4-6H,3,7-8,13H2,1-2H3. The van der Waals surface area contributed by atoms with E-state index in [-0.39, 0.29) is 0 Å². The monoisotopic (exact) mass is 219 g/mol. The third-order valence-electron chi connectivity index (χ3n) is 2.74. The van der Waals surface area contributed by atoms with Crippen LogP contribution in [0.1, 0.15) is 29.8 Å². The lowest BCUT2D eigenvalue weighted by molar-refractivity contribution is 0.464. The summed E-state index contributed by atoms with van der Waals surface area (Å²) in [5.74, 6) is 2.92. The normalized spacial score (nSPS) is 10.9. The summed E-state index contributed by atoms with van der Waals surface area (Å²) in [5, 5.41) is 0. The van der Waals surface area contributed by atoms with Crippen molar-refractivity contribution < 1.29 is 4.42 Å². The Kier molecular flexibility index (Phi) is 3.10. The summed E-state index contributed by atoms with van der Waals surface area (Å²) in [4.78, 5) is 4.28. The fourth-order valence-electron chi connectivity index (χ4n) is 1.83. The molecular weight excluding hydrogens is 202 g/mol. The molecule has 2 rings (SSSR count). The van der Waals surface area contributed by atoms with Gasteiger partial charge in [0.05, 0.1) is 6.54 Å². The maximum absolute atomic E-state index is 5.65. The van der Waals surface area contributed by atoms with E-state index in [1.165, 1.54) is 0 Å². The summed E-state index contributed by atoms with van der Waals surface area (Å²) in [6, 6.07) is 2.02. The first-order chi connectivity index (χ1) is 7.74. The highest BCUT2D eigenvalue weighted by atomic mass is 16.3. The molecule has 0 saturated carbocycles. The molecule has 0 saturated heterocycles. The van der Waals surface area contributed by atoms with Crippen LogP contribution >= 0.6 is 0 Å². The van der Waals surface area contributed by atoms with E-state index in [1.807, 2.05) is 25.4 Å². The van der Waals surface area contributed by atoms with Gasteiger partial charge in [-0.05, 0) is 13.0 Å². The number of aryl methyl sites for hydroxylation is 2. The molecule has 0 unspecified atom stereocenters. The maximum Gasteiger partial charge on any atom is 0.124 e. The number of aromatic nitrogens is 2. The van der Waals surface area contributed by atoms with E-state index in [4.69, 9.17) is 10.2 Å². The lowest BCUT2D eigenvalue weighted by Gasteiger charge is -2.03. The third kappa shape index (κ3) is 2.02. The number of rotatable bonds is 4. The molecule has 2 aromatic rings. The Bertz CT molecular complexity index is 470. The largest absolute Gasteiger partial charge is 0.464 e. The molecule has 0 aliphatic carbocycles. The minimum absolute atomic E-state index is 0.528. The molecule has 4 nitrogen and oxygen atoms in total. The van der Waals surface area contributed by atoms with Crippen molar-refractivity contribution in [2.45, 2.75) is 33.4 Å². The van der Waals surface area contributed by atoms with Crippen molar-refractivity contribution in [3.63, 3.8) is 0 Å². The molecular formula is C12H17N3O. The summed E-state index contributed by atoms with van der Waals surface area (Å²) >= 11 is 0.